The lowest BCUT2D eigenvalue weighted by Gasteiger charge is -2.11. The van der Waals surface area contributed by atoms with E-state index >= 15 is 0 Å². The van der Waals surface area contributed by atoms with Gasteiger partial charge in [-0.25, -0.2) is 0 Å². The molecule has 1 amide bonds. The van der Waals surface area contributed by atoms with Gasteiger partial charge in [-0.2, -0.15) is 5.26 Å². The molecule has 0 heterocycles. The van der Waals surface area contributed by atoms with E-state index in [4.69, 9.17) is 5.26 Å². The molecule has 0 radical (unpaired) electrons. The Kier molecular flexibility index (Phi) is 4.53. The number of nitrogens with one attached hydrogen (secondary N) is 1. The van der Waals surface area contributed by atoms with Gasteiger partial charge in [0, 0.05) is 13.0 Å². The minimum atomic E-state index is -0.354. The molecular formula is C13H16N2O. The number of carbonyl (C=O) groups excluding carboxylic acids is 1. The molecule has 1 rings (SSSR count). The van der Waals surface area contributed by atoms with Crippen molar-refractivity contribution in [2.24, 2.45) is 0 Å². The van der Waals surface area contributed by atoms with Crippen molar-refractivity contribution in [3.8, 4) is 6.07 Å². The molecule has 0 aromatic heterocycles. The zero-order valence-corrected chi connectivity index (χ0v) is 9.66. The van der Waals surface area contributed by atoms with Gasteiger partial charge in [0.05, 0.1) is 12.0 Å². The van der Waals surface area contributed by atoms with E-state index in [1.807, 2.05) is 38.1 Å². The summed E-state index contributed by atoms with van der Waals surface area (Å²) >= 11 is 0. The van der Waals surface area contributed by atoms with Gasteiger partial charge in [0.15, 0.2) is 0 Å². The summed E-state index contributed by atoms with van der Waals surface area (Å²) in [5.41, 5.74) is 2.00. The first-order valence-electron chi connectivity index (χ1n) is 5.40. The monoisotopic (exact) mass is 216 g/mol. The van der Waals surface area contributed by atoms with Crippen molar-refractivity contribution in [1.82, 2.24) is 5.32 Å². The Hall–Kier alpha value is -1.82. The summed E-state index contributed by atoms with van der Waals surface area (Å²) in [6, 6.07) is 9.87. The molecule has 1 aromatic rings. The summed E-state index contributed by atoms with van der Waals surface area (Å²) < 4.78 is 0. The van der Waals surface area contributed by atoms with Crippen LogP contribution in [0.1, 0.15) is 30.4 Å². The van der Waals surface area contributed by atoms with Gasteiger partial charge in [-0.3, -0.25) is 4.79 Å². The summed E-state index contributed by atoms with van der Waals surface area (Å²) in [6.45, 7) is 4.43. The van der Waals surface area contributed by atoms with Crippen molar-refractivity contribution >= 4 is 5.91 Å². The Morgan fingerprint density at radius 1 is 1.50 bits per heavy atom. The van der Waals surface area contributed by atoms with Crippen LogP contribution in [0.3, 0.4) is 0 Å². The number of benzene rings is 1. The topological polar surface area (TPSA) is 52.9 Å². The highest BCUT2D eigenvalue weighted by molar-refractivity contribution is 5.77. The van der Waals surface area contributed by atoms with Gasteiger partial charge in [0.2, 0.25) is 5.91 Å². The number of aryl methyl sites for hydroxylation is 1. The second-order valence-corrected chi connectivity index (χ2v) is 3.70. The lowest BCUT2D eigenvalue weighted by Crippen LogP contribution is -2.24. The average Bonchev–Trinajstić information content (AvgIpc) is 2.27. The fourth-order valence-corrected chi connectivity index (χ4v) is 1.66. The Labute approximate surface area is 96.1 Å². The second-order valence-electron chi connectivity index (χ2n) is 3.70. The molecule has 3 nitrogen and oxygen atoms in total. The molecule has 0 fully saturated rings. The molecular weight excluding hydrogens is 200 g/mol. The summed E-state index contributed by atoms with van der Waals surface area (Å²) in [6.07, 6.45) is 0.231. The Morgan fingerprint density at radius 3 is 2.75 bits per heavy atom. The maximum absolute atomic E-state index is 11.4. The number of hydrogen-bond acceptors (Lipinski definition) is 2. The van der Waals surface area contributed by atoms with Crippen molar-refractivity contribution in [1.29, 1.82) is 5.26 Å². The summed E-state index contributed by atoms with van der Waals surface area (Å²) in [4.78, 5) is 11.4. The number of nitriles is 1. The minimum Gasteiger partial charge on any atom is -0.356 e. The predicted molar refractivity (Wildman–Crippen MR) is 62.8 cm³/mol. The average molecular weight is 216 g/mol. The van der Waals surface area contributed by atoms with Gasteiger partial charge in [0.1, 0.15) is 0 Å². The van der Waals surface area contributed by atoms with Crippen LogP contribution >= 0.6 is 0 Å². The summed E-state index contributed by atoms with van der Waals surface area (Å²) in [7, 11) is 0. The normalized spacial score (nSPS) is 11.6. The van der Waals surface area contributed by atoms with Crippen LogP contribution in [0.25, 0.3) is 0 Å². The van der Waals surface area contributed by atoms with Crippen molar-refractivity contribution < 1.29 is 4.79 Å². The summed E-state index contributed by atoms with van der Waals surface area (Å²) in [5.74, 6) is -0.426. The van der Waals surface area contributed by atoms with Crippen LogP contribution in [-0.4, -0.2) is 12.5 Å². The third-order valence-electron chi connectivity index (χ3n) is 2.48. The highest BCUT2D eigenvalue weighted by Crippen LogP contribution is 2.21. The van der Waals surface area contributed by atoms with E-state index in [0.717, 1.165) is 11.1 Å². The maximum atomic E-state index is 11.4. The molecule has 16 heavy (non-hydrogen) atoms. The third-order valence-corrected chi connectivity index (χ3v) is 2.48. The highest BCUT2D eigenvalue weighted by atomic mass is 16.1. The van der Waals surface area contributed by atoms with Gasteiger partial charge in [-0.05, 0) is 25.0 Å². The largest absolute Gasteiger partial charge is 0.356 e. The van der Waals surface area contributed by atoms with Crippen molar-refractivity contribution in [2.75, 3.05) is 6.54 Å². The molecule has 0 aliphatic carbocycles. The van der Waals surface area contributed by atoms with Crippen molar-refractivity contribution in [3.05, 3.63) is 35.4 Å². The molecule has 0 spiro atoms. The molecule has 1 atom stereocenters. The zero-order valence-electron chi connectivity index (χ0n) is 9.66. The zero-order chi connectivity index (χ0) is 12.0. The first kappa shape index (κ1) is 12.3. The van der Waals surface area contributed by atoms with Crippen LogP contribution in [0, 0.1) is 18.3 Å². The number of amides is 1. The number of hydrogen-bond donors (Lipinski definition) is 1. The Balaban J connectivity index is 2.80. The highest BCUT2D eigenvalue weighted by Gasteiger charge is 2.16. The molecule has 0 saturated carbocycles. The quantitative estimate of drug-likeness (QED) is 0.838. The first-order valence-corrected chi connectivity index (χ1v) is 5.40. The van der Waals surface area contributed by atoms with E-state index in [9.17, 15) is 4.79 Å². The van der Waals surface area contributed by atoms with Gasteiger partial charge in [0.25, 0.3) is 0 Å². The van der Waals surface area contributed by atoms with Crippen LogP contribution in [-0.2, 0) is 4.79 Å². The lowest BCUT2D eigenvalue weighted by molar-refractivity contribution is -0.121. The molecule has 0 aliphatic heterocycles. The molecule has 0 bridgehead atoms. The number of nitrogens with zero attached hydrogens (tertiary/aromatic N) is 1. The third kappa shape index (κ3) is 3.09. The number of carbonyl (C=O) groups is 1. The van der Waals surface area contributed by atoms with Gasteiger partial charge in [-0.1, -0.05) is 24.3 Å². The predicted octanol–water partition coefficient (Wildman–Crippen LogP) is 2.13. The minimum absolute atomic E-state index is 0.0719. The fourth-order valence-electron chi connectivity index (χ4n) is 1.66. The van der Waals surface area contributed by atoms with Gasteiger partial charge >= 0.3 is 0 Å². The number of rotatable bonds is 4. The molecule has 1 unspecified atom stereocenters. The Morgan fingerprint density at radius 2 is 2.19 bits per heavy atom. The second kappa shape index (κ2) is 5.92. The SMILES string of the molecule is CCNC(=O)CC(C#N)c1ccccc1C. The fraction of sp³-hybridized carbons (Fsp3) is 0.385. The van der Waals surface area contributed by atoms with E-state index in [1.165, 1.54) is 0 Å². The van der Waals surface area contributed by atoms with Gasteiger partial charge < -0.3 is 5.32 Å². The van der Waals surface area contributed by atoms with E-state index in [2.05, 4.69) is 11.4 Å². The van der Waals surface area contributed by atoms with Crippen LogP contribution in [0.15, 0.2) is 24.3 Å². The molecule has 0 saturated heterocycles. The van der Waals surface area contributed by atoms with E-state index in [-0.39, 0.29) is 18.2 Å². The summed E-state index contributed by atoms with van der Waals surface area (Å²) in [5, 5.41) is 11.8. The molecule has 3 heteroatoms. The first-order chi connectivity index (χ1) is 7.69. The van der Waals surface area contributed by atoms with Crippen molar-refractivity contribution in [2.45, 2.75) is 26.2 Å². The van der Waals surface area contributed by atoms with E-state index in [1.54, 1.807) is 0 Å². The molecule has 1 N–H and O–H groups in total. The van der Waals surface area contributed by atoms with Crippen molar-refractivity contribution in [3.63, 3.8) is 0 Å². The smallest absolute Gasteiger partial charge is 0.221 e. The van der Waals surface area contributed by atoms with Crippen LogP contribution in [0.5, 0.6) is 0 Å². The van der Waals surface area contributed by atoms with Gasteiger partial charge in [-0.15, -0.1) is 0 Å². The van der Waals surface area contributed by atoms with E-state index in [0.29, 0.717) is 6.54 Å². The maximum Gasteiger partial charge on any atom is 0.221 e. The lowest BCUT2D eigenvalue weighted by atomic mass is 9.93. The van der Waals surface area contributed by atoms with Crippen LogP contribution < -0.4 is 5.32 Å². The molecule has 84 valence electrons. The Bertz CT molecular complexity index is 407. The van der Waals surface area contributed by atoms with E-state index < -0.39 is 0 Å². The van der Waals surface area contributed by atoms with Crippen LogP contribution in [0.2, 0.25) is 0 Å². The molecule has 1 aromatic carbocycles. The van der Waals surface area contributed by atoms with Crippen LogP contribution in [0.4, 0.5) is 0 Å². The standard InChI is InChI=1S/C13H16N2O/c1-3-15-13(16)8-11(9-14)12-7-5-4-6-10(12)2/h4-7,11H,3,8H2,1-2H3,(H,15,16). The molecule has 0 aliphatic rings.